The van der Waals surface area contributed by atoms with Crippen molar-refractivity contribution in [2.75, 3.05) is 4.90 Å². The van der Waals surface area contributed by atoms with Crippen molar-refractivity contribution in [1.29, 1.82) is 0 Å². The summed E-state index contributed by atoms with van der Waals surface area (Å²) in [7, 11) is 0. The molecule has 2 aromatic carbocycles. The van der Waals surface area contributed by atoms with Gasteiger partial charge in [0, 0.05) is 3.57 Å². The maximum absolute atomic E-state index is 12.4. The third kappa shape index (κ3) is 2.21. The minimum absolute atomic E-state index is 0.0846. The second kappa shape index (κ2) is 4.96. The van der Waals surface area contributed by atoms with E-state index in [1.54, 1.807) is 18.2 Å². The van der Waals surface area contributed by atoms with Gasteiger partial charge in [0.1, 0.15) is 0 Å². The summed E-state index contributed by atoms with van der Waals surface area (Å²) in [5.74, 6) is -2.27. The van der Waals surface area contributed by atoms with Crippen molar-refractivity contribution in [2.24, 2.45) is 0 Å². The summed E-state index contributed by atoms with van der Waals surface area (Å²) >= 11 is 2.06. The first-order valence-corrected chi connectivity index (χ1v) is 7.06. The summed E-state index contributed by atoms with van der Waals surface area (Å²) in [6, 6.07) is 10.6. The highest BCUT2D eigenvalue weighted by atomic mass is 127. The van der Waals surface area contributed by atoms with Crippen LogP contribution in [-0.2, 0) is 0 Å². The molecule has 0 fully saturated rings. The Morgan fingerprint density at radius 1 is 1.00 bits per heavy atom. The summed E-state index contributed by atoms with van der Waals surface area (Å²) in [4.78, 5) is 36.6. The van der Waals surface area contributed by atoms with Gasteiger partial charge in [-0.1, -0.05) is 12.1 Å². The van der Waals surface area contributed by atoms with E-state index in [2.05, 4.69) is 22.6 Å². The molecule has 5 nitrogen and oxygen atoms in total. The molecule has 0 N–H and O–H groups in total. The van der Waals surface area contributed by atoms with Crippen LogP contribution in [-0.4, -0.2) is 17.8 Å². The van der Waals surface area contributed by atoms with Crippen LogP contribution in [0.1, 0.15) is 31.1 Å². The lowest BCUT2D eigenvalue weighted by Gasteiger charge is -2.15. The van der Waals surface area contributed by atoms with Gasteiger partial charge < -0.3 is 9.90 Å². The SMILES string of the molecule is O=C([O-])c1cccc(N2C(=O)c3ccc(I)cc3C2=O)c1. The van der Waals surface area contributed by atoms with Crippen LogP contribution in [0.3, 0.4) is 0 Å². The third-order valence-electron chi connectivity index (χ3n) is 3.19. The van der Waals surface area contributed by atoms with E-state index < -0.39 is 17.8 Å². The number of halogens is 1. The molecule has 6 heteroatoms. The minimum atomic E-state index is -1.36. The molecule has 1 aliphatic heterocycles. The maximum Gasteiger partial charge on any atom is 0.266 e. The van der Waals surface area contributed by atoms with Crippen molar-refractivity contribution in [1.82, 2.24) is 0 Å². The van der Waals surface area contributed by atoms with Crippen LogP contribution in [0, 0.1) is 3.57 Å². The van der Waals surface area contributed by atoms with Gasteiger partial charge in [-0.05, 0) is 58.5 Å². The van der Waals surface area contributed by atoms with E-state index in [1.807, 2.05) is 0 Å². The van der Waals surface area contributed by atoms with Crippen molar-refractivity contribution >= 4 is 46.1 Å². The lowest BCUT2D eigenvalue weighted by atomic mass is 10.1. The average Bonchev–Trinajstić information content (AvgIpc) is 2.70. The number of benzene rings is 2. The van der Waals surface area contributed by atoms with Gasteiger partial charge in [0.05, 0.1) is 22.8 Å². The van der Waals surface area contributed by atoms with Gasteiger partial charge in [0.2, 0.25) is 0 Å². The van der Waals surface area contributed by atoms with Crippen LogP contribution in [0.15, 0.2) is 42.5 Å². The molecule has 0 unspecified atom stereocenters. The molecule has 0 spiro atoms. The van der Waals surface area contributed by atoms with Crippen molar-refractivity contribution < 1.29 is 19.5 Å². The number of carbonyl (C=O) groups is 3. The number of fused-ring (bicyclic) bond motifs is 1. The Labute approximate surface area is 133 Å². The number of rotatable bonds is 2. The monoisotopic (exact) mass is 392 g/mol. The number of carboxylic acid groups (broad SMARTS) is 1. The van der Waals surface area contributed by atoms with Gasteiger partial charge in [-0.2, -0.15) is 0 Å². The lowest BCUT2D eigenvalue weighted by molar-refractivity contribution is -0.255. The molecule has 21 heavy (non-hydrogen) atoms. The summed E-state index contributed by atoms with van der Waals surface area (Å²) in [5.41, 5.74) is 0.779. The van der Waals surface area contributed by atoms with Crippen molar-refractivity contribution in [3.8, 4) is 0 Å². The zero-order valence-electron chi connectivity index (χ0n) is 10.5. The smallest absolute Gasteiger partial charge is 0.266 e. The highest BCUT2D eigenvalue weighted by Gasteiger charge is 2.36. The number of imide groups is 1. The van der Waals surface area contributed by atoms with Crippen LogP contribution >= 0.6 is 22.6 Å². The van der Waals surface area contributed by atoms with Gasteiger partial charge in [0.25, 0.3) is 11.8 Å². The zero-order valence-corrected chi connectivity index (χ0v) is 12.7. The molecule has 1 aliphatic rings. The highest BCUT2D eigenvalue weighted by molar-refractivity contribution is 14.1. The van der Waals surface area contributed by atoms with E-state index in [0.717, 1.165) is 8.47 Å². The Hall–Kier alpha value is -2.22. The number of carboxylic acids is 1. The van der Waals surface area contributed by atoms with Gasteiger partial charge in [-0.15, -0.1) is 0 Å². The van der Waals surface area contributed by atoms with Crippen LogP contribution < -0.4 is 10.0 Å². The number of hydrogen-bond donors (Lipinski definition) is 0. The molecule has 0 saturated carbocycles. The van der Waals surface area contributed by atoms with E-state index in [1.165, 1.54) is 24.3 Å². The summed E-state index contributed by atoms with van der Waals surface area (Å²) in [5, 5.41) is 10.9. The van der Waals surface area contributed by atoms with Crippen LogP contribution in [0.25, 0.3) is 0 Å². The fourth-order valence-corrected chi connectivity index (χ4v) is 2.71. The van der Waals surface area contributed by atoms with Crippen LogP contribution in [0.5, 0.6) is 0 Å². The molecular weight excluding hydrogens is 385 g/mol. The number of hydrogen-bond acceptors (Lipinski definition) is 4. The van der Waals surface area contributed by atoms with E-state index in [-0.39, 0.29) is 11.3 Å². The minimum Gasteiger partial charge on any atom is -0.545 e. The fraction of sp³-hybridized carbons (Fsp3) is 0. The Morgan fingerprint density at radius 3 is 2.43 bits per heavy atom. The Kier molecular flexibility index (Phi) is 3.25. The van der Waals surface area contributed by atoms with Gasteiger partial charge in [-0.3, -0.25) is 9.59 Å². The van der Waals surface area contributed by atoms with Crippen molar-refractivity contribution in [3.05, 3.63) is 62.7 Å². The van der Waals surface area contributed by atoms with E-state index in [9.17, 15) is 19.5 Å². The Balaban J connectivity index is 2.10. The van der Waals surface area contributed by atoms with Crippen molar-refractivity contribution in [2.45, 2.75) is 0 Å². The molecule has 104 valence electrons. The fourth-order valence-electron chi connectivity index (χ4n) is 2.22. The molecule has 0 aliphatic carbocycles. The Bertz CT molecular complexity index is 800. The molecule has 1 heterocycles. The first-order chi connectivity index (χ1) is 9.99. The first kappa shape index (κ1) is 13.7. The summed E-state index contributed by atoms with van der Waals surface area (Å²) in [6.45, 7) is 0. The van der Waals surface area contributed by atoms with E-state index in [4.69, 9.17) is 0 Å². The number of carbonyl (C=O) groups excluding carboxylic acids is 3. The van der Waals surface area contributed by atoms with Gasteiger partial charge in [-0.25, -0.2) is 4.90 Å². The maximum atomic E-state index is 12.4. The molecule has 2 aromatic rings. The number of amides is 2. The van der Waals surface area contributed by atoms with Crippen molar-refractivity contribution in [3.63, 3.8) is 0 Å². The van der Waals surface area contributed by atoms with Crippen LogP contribution in [0.4, 0.5) is 5.69 Å². The quantitative estimate of drug-likeness (QED) is 0.573. The average molecular weight is 392 g/mol. The number of aromatic carboxylic acids is 1. The molecular formula is C15H7INO4-. The second-order valence-corrected chi connectivity index (χ2v) is 5.72. The molecule has 0 bridgehead atoms. The molecule has 0 radical (unpaired) electrons. The van der Waals surface area contributed by atoms with Gasteiger partial charge in [0.15, 0.2) is 0 Å². The first-order valence-electron chi connectivity index (χ1n) is 5.99. The number of anilines is 1. The normalized spacial score (nSPS) is 13.5. The number of nitrogens with zero attached hydrogens (tertiary/aromatic N) is 1. The Morgan fingerprint density at radius 2 is 1.71 bits per heavy atom. The molecule has 2 amide bonds. The molecule has 0 atom stereocenters. The van der Waals surface area contributed by atoms with E-state index >= 15 is 0 Å². The predicted octanol–water partition coefficient (Wildman–Crippen LogP) is 1.46. The zero-order chi connectivity index (χ0) is 15.1. The summed E-state index contributed by atoms with van der Waals surface area (Å²) in [6.07, 6.45) is 0. The predicted molar refractivity (Wildman–Crippen MR) is 81.1 cm³/mol. The molecule has 3 rings (SSSR count). The largest absolute Gasteiger partial charge is 0.545 e. The topological polar surface area (TPSA) is 77.5 Å². The highest BCUT2D eigenvalue weighted by Crippen LogP contribution is 2.29. The molecule has 0 aromatic heterocycles. The standard InChI is InChI=1S/C15H8INO4/c16-9-4-5-11-12(7-9)14(19)17(13(11)18)10-3-1-2-8(6-10)15(20)21/h1-7H,(H,20,21)/p-1. The second-order valence-electron chi connectivity index (χ2n) is 4.47. The molecule has 0 saturated heterocycles. The van der Waals surface area contributed by atoms with Crippen LogP contribution in [0.2, 0.25) is 0 Å². The van der Waals surface area contributed by atoms with Gasteiger partial charge >= 0.3 is 0 Å². The lowest BCUT2D eigenvalue weighted by Crippen LogP contribution is -2.30. The van der Waals surface area contributed by atoms with E-state index in [0.29, 0.717) is 11.1 Å². The third-order valence-corrected chi connectivity index (χ3v) is 3.86. The summed E-state index contributed by atoms with van der Waals surface area (Å²) < 4.78 is 0.845.